The molecular weight excluding hydrogens is 715 g/mol. The van der Waals surface area contributed by atoms with Gasteiger partial charge in [-0.05, 0) is 92.2 Å². The number of fused-ring (bicyclic) bond motifs is 9. The van der Waals surface area contributed by atoms with E-state index in [-0.39, 0.29) is 0 Å². The molecule has 1 aliphatic rings. The van der Waals surface area contributed by atoms with Crippen LogP contribution in [0.5, 0.6) is 0 Å². The second-order valence-electron chi connectivity index (χ2n) is 15.6. The van der Waals surface area contributed by atoms with E-state index in [1.165, 1.54) is 49.5 Å². The van der Waals surface area contributed by atoms with Gasteiger partial charge in [0, 0.05) is 32.8 Å². The number of nitrogens with zero attached hydrogens (tertiary/aromatic N) is 1. The van der Waals surface area contributed by atoms with Gasteiger partial charge in [0.15, 0.2) is 0 Å². The van der Waals surface area contributed by atoms with E-state index in [0.29, 0.717) is 0 Å². The number of anilines is 3. The summed E-state index contributed by atoms with van der Waals surface area (Å²) in [6, 6.07) is 82.0. The zero-order valence-corrected chi connectivity index (χ0v) is 32.2. The van der Waals surface area contributed by atoms with Gasteiger partial charge >= 0.3 is 0 Å². The average molecular weight is 752 g/mol. The van der Waals surface area contributed by atoms with Crippen molar-refractivity contribution in [2.24, 2.45) is 0 Å². The van der Waals surface area contributed by atoms with Gasteiger partial charge in [-0.3, -0.25) is 0 Å². The zero-order chi connectivity index (χ0) is 38.9. The first kappa shape index (κ1) is 33.5. The summed E-state index contributed by atoms with van der Waals surface area (Å²) in [5.41, 5.74) is 14.5. The summed E-state index contributed by atoms with van der Waals surface area (Å²) in [4.78, 5) is 2.48. The molecule has 0 spiro atoms. The molecule has 0 N–H and O–H groups in total. The molecule has 11 aromatic rings. The second-order valence-corrected chi connectivity index (χ2v) is 15.6. The fourth-order valence-corrected chi connectivity index (χ4v) is 9.97. The average Bonchev–Trinajstić information content (AvgIpc) is 3.83. The van der Waals surface area contributed by atoms with E-state index in [2.05, 4.69) is 229 Å². The quantitative estimate of drug-likeness (QED) is 0.168. The number of hydrogen-bond donors (Lipinski definition) is 0. The van der Waals surface area contributed by atoms with Crippen LogP contribution in [0.4, 0.5) is 17.1 Å². The Hall–Kier alpha value is -7.68. The zero-order valence-electron chi connectivity index (χ0n) is 32.2. The molecule has 0 unspecified atom stereocenters. The SMILES string of the molecule is c1ccc(C2(c3ccccc3)c3ccccc3-c3ccc(N(c4ccccc4-c4ccc5oc6c7ccccc7ccc6c5c4)c4cccc5ccccc45)cc32)cc1. The summed E-state index contributed by atoms with van der Waals surface area (Å²) < 4.78 is 6.57. The lowest BCUT2D eigenvalue weighted by molar-refractivity contribution is 0.672. The largest absolute Gasteiger partial charge is 0.455 e. The first-order valence-electron chi connectivity index (χ1n) is 20.3. The number of para-hydroxylation sites is 1. The molecule has 0 aliphatic heterocycles. The Morgan fingerprint density at radius 3 is 1.76 bits per heavy atom. The van der Waals surface area contributed by atoms with Crippen LogP contribution >= 0.6 is 0 Å². The van der Waals surface area contributed by atoms with Gasteiger partial charge in [0.25, 0.3) is 0 Å². The summed E-state index contributed by atoms with van der Waals surface area (Å²) in [6.07, 6.45) is 0. The predicted octanol–water partition coefficient (Wildman–Crippen LogP) is 15.4. The van der Waals surface area contributed by atoms with Crippen LogP contribution < -0.4 is 4.90 Å². The van der Waals surface area contributed by atoms with Gasteiger partial charge in [-0.25, -0.2) is 0 Å². The molecule has 0 saturated heterocycles. The summed E-state index contributed by atoms with van der Waals surface area (Å²) in [5.74, 6) is 0. The maximum Gasteiger partial charge on any atom is 0.143 e. The molecule has 0 atom stereocenters. The first-order chi connectivity index (χ1) is 29.3. The molecule has 1 aromatic heterocycles. The van der Waals surface area contributed by atoms with Crippen LogP contribution in [0.15, 0.2) is 229 Å². The monoisotopic (exact) mass is 751 g/mol. The number of furan rings is 1. The fraction of sp³-hybridized carbons (Fsp3) is 0.0175. The van der Waals surface area contributed by atoms with Crippen molar-refractivity contribution < 1.29 is 4.42 Å². The summed E-state index contributed by atoms with van der Waals surface area (Å²) in [5, 5.41) is 6.93. The Kier molecular flexibility index (Phi) is 7.48. The lowest BCUT2D eigenvalue weighted by atomic mass is 9.67. The van der Waals surface area contributed by atoms with Gasteiger partial charge in [-0.1, -0.05) is 182 Å². The van der Waals surface area contributed by atoms with Crippen molar-refractivity contribution in [2.45, 2.75) is 5.41 Å². The number of rotatable bonds is 6. The summed E-state index contributed by atoms with van der Waals surface area (Å²) in [7, 11) is 0. The van der Waals surface area contributed by atoms with E-state index in [0.717, 1.165) is 55.5 Å². The van der Waals surface area contributed by atoms with Crippen molar-refractivity contribution >= 4 is 60.5 Å². The first-order valence-corrected chi connectivity index (χ1v) is 20.3. The van der Waals surface area contributed by atoms with Crippen molar-refractivity contribution in [3.8, 4) is 22.3 Å². The predicted molar refractivity (Wildman–Crippen MR) is 246 cm³/mol. The molecule has 12 rings (SSSR count). The highest BCUT2D eigenvalue weighted by atomic mass is 16.3. The van der Waals surface area contributed by atoms with Crippen LogP contribution in [0.25, 0.3) is 65.7 Å². The molecule has 59 heavy (non-hydrogen) atoms. The molecular formula is C57H37NO. The van der Waals surface area contributed by atoms with E-state index in [1.807, 2.05) is 0 Å². The van der Waals surface area contributed by atoms with Gasteiger partial charge in [0.05, 0.1) is 16.8 Å². The van der Waals surface area contributed by atoms with E-state index in [1.54, 1.807) is 0 Å². The third-order valence-corrected chi connectivity index (χ3v) is 12.5. The third kappa shape index (κ3) is 5.00. The fourth-order valence-electron chi connectivity index (χ4n) is 9.97. The minimum atomic E-state index is -0.522. The van der Waals surface area contributed by atoms with Crippen LogP contribution in [0, 0.1) is 0 Å². The van der Waals surface area contributed by atoms with E-state index >= 15 is 0 Å². The van der Waals surface area contributed by atoms with Gasteiger partial charge in [0.2, 0.25) is 0 Å². The molecule has 10 aromatic carbocycles. The van der Waals surface area contributed by atoms with Crippen LogP contribution in [0.1, 0.15) is 22.3 Å². The van der Waals surface area contributed by atoms with Crippen molar-refractivity contribution in [1.29, 1.82) is 0 Å². The second kappa shape index (κ2) is 13.2. The molecule has 276 valence electrons. The normalized spacial score (nSPS) is 12.9. The Balaban J connectivity index is 1.13. The summed E-state index contributed by atoms with van der Waals surface area (Å²) >= 11 is 0. The molecule has 1 aliphatic carbocycles. The topological polar surface area (TPSA) is 16.4 Å². The third-order valence-electron chi connectivity index (χ3n) is 12.5. The molecule has 0 saturated carbocycles. The van der Waals surface area contributed by atoms with Gasteiger partial charge in [-0.15, -0.1) is 0 Å². The van der Waals surface area contributed by atoms with Crippen LogP contribution in [0.3, 0.4) is 0 Å². The number of benzene rings is 10. The lowest BCUT2D eigenvalue weighted by Crippen LogP contribution is -2.28. The minimum Gasteiger partial charge on any atom is -0.455 e. The highest BCUT2D eigenvalue weighted by Gasteiger charge is 2.46. The van der Waals surface area contributed by atoms with Gasteiger partial charge in [-0.2, -0.15) is 0 Å². The van der Waals surface area contributed by atoms with Gasteiger partial charge in [0.1, 0.15) is 11.2 Å². The molecule has 0 bridgehead atoms. The van der Waals surface area contributed by atoms with Crippen LogP contribution in [-0.4, -0.2) is 0 Å². The van der Waals surface area contributed by atoms with Gasteiger partial charge < -0.3 is 9.32 Å². The Morgan fingerprint density at radius 2 is 0.966 bits per heavy atom. The van der Waals surface area contributed by atoms with Crippen molar-refractivity contribution in [3.05, 3.63) is 247 Å². The minimum absolute atomic E-state index is 0.522. The maximum atomic E-state index is 6.57. The number of hydrogen-bond acceptors (Lipinski definition) is 2. The summed E-state index contributed by atoms with van der Waals surface area (Å²) in [6.45, 7) is 0. The smallest absolute Gasteiger partial charge is 0.143 e. The standard InChI is InChI=1S/C57H37NO/c1-3-19-41(20-4-1)57(42-21-5-2-6-22-42)51-27-13-11-26-47(51)48-34-32-43(37-52(48)57)58(54-29-15-18-38-16-7-9-23-44(38)54)53-28-14-12-24-45(53)40-31-35-55-50(36-40)49-33-30-39-17-8-10-25-46(39)56(49)59-55/h1-37H. The Bertz CT molecular complexity index is 3350. The molecule has 0 radical (unpaired) electrons. The molecule has 1 heterocycles. The highest BCUT2D eigenvalue weighted by Crippen LogP contribution is 2.57. The Labute approximate surface area is 342 Å². The van der Waals surface area contributed by atoms with Crippen LogP contribution in [-0.2, 0) is 5.41 Å². The van der Waals surface area contributed by atoms with E-state index < -0.39 is 5.41 Å². The molecule has 2 heteroatoms. The van der Waals surface area contributed by atoms with Crippen molar-refractivity contribution in [2.75, 3.05) is 4.90 Å². The van der Waals surface area contributed by atoms with Crippen molar-refractivity contribution in [1.82, 2.24) is 0 Å². The highest BCUT2D eigenvalue weighted by molar-refractivity contribution is 6.16. The lowest BCUT2D eigenvalue weighted by Gasteiger charge is -2.35. The van der Waals surface area contributed by atoms with Crippen LogP contribution in [0.2, 0.25) is 0 Å². The van der Waals surface area contributed by atoms with Crippen molar-refractivity contribution in [3.63, 3.8) is 0 Å². The molecule has 2 nitrogen and oxygen atoms in total. The van der Waals surface area contributed by atoms with E-state index in [9.17, 15) is 0 Å². The Morgan fingerprint density at radius 1 is 0.356 bits per heavy atom. The maximum absolute atomic E-state index is 6.57. The molecule has 0 amide bonds. The van der Waals surface area contributed by atoms with E-state index in [4.69, 9.17) is 4.42 Å². The molecule has 0 fully saturated rings.